The zero-order chi connectivity index (χ0) is 26.0. The van der Waals surface area contributed by atoms with Crippen LogP contribution in [0.3, 0.4) is 0 Å². The van der Waals surface area contributed by atoms with E-state index in [1.165, 1.54) is 4.90 Å². The van der Waals surface area contributed by atoms with E-state index < -0.39 is 42.1 Å². The fraction of sp³-hybridized carbons (Fsp3) is 0.917. The number of halogens is 3. The molecule has 8 atom stereocenters. The summed E-state index contributed by atoms with van der Waals surface area (Å²) in [6.45, 7) is 3.49. The van der Waals surface area contributed by atoms with Crippen molar-refractivity contribution >= 4 is 11.8 Å². The second kappa shape index (κ2) is 11.5. The van der Waals surface area contributed by atoms with Crippen LogP contribution in [0.2, 0.25) is 0 Å². The number of carbonyl (C=O) groups is 2. The summed E-state index contributed by atoms with van der Waals surface area (Å²) in [4.78, 5) is 29.7. The standard InChI is InChI=1S/C24H41F3N6O3/c1-14(8-21-31-28-13-32(21)2)15-4-3-5-17(9-15)29-22(35)19-10-16(11-20(30-19)24(25,26)27)23(36)33-7-6-18(34)12-33/h14-21,28,30-31,34H,3-13H2,1-2H3,(H,29,35)/t14-,15?,16?,17?,18+,19?,20?,21?/m1/s1. The van der Waals surface area contributed by atoms with Crippen molar-refractivity contribution in [2.75, 3.05) is 26.8 Å². The minimum atomic E-state index is -4.55. The smallest absolute Gasteiger partial charge is 0.391 e. The number of likely N-dealkylation sites (tertiary alicyclic amines) is 1. The molecule has 4 aliphatic rings. The molecular formula is C24H41F3N6O3. The molecule has 3 saturated heterocycles. The van der Waals surface area contributed by atoms with E-state index in [0.29, 0.717) is 24.8 Å². The first-order valence-electron chi connectivity index (χ1n) is 13.3. The number of hydrogen-bond acceptors (Lipinski definition) is 7. The minimum absolute atomic E-state index is 0.0308. The summed E-state index contributed by atoms with van der Waals surface area (Å²) in [6.07, 6.45) is -0.242. The summed E-state index contributed by atoms with van der Waals surface area (Å²) < 4.78 is 41.0. The second-order valence-electron chi connectivity index (χ2n) is 11.3. The molecule has 9 nitrogen and oxygen atoms in total. The number of hydrogen-bond donors (Lipinski definition) is 5. The normalized spacial score (nSPS) is 37.2. The van der Waals surface area contributed by atoms with Crippen LogP contribution >= 0.6 is 0 Å². The van der Waals surface area contributed by atoms with Crippen LogP contribution in [0.4, 0.5) is 13.2 Å². The highest BCUT2D eigenvalue weighted by atomic mass is 19.4. The summed E-state index contributed by atoms with van der Waals surface area (Å²) in [7, 11) is 2.06. The first-order chi connectivity index (χ1) is 17.0. The van der Waals surface area contributed by atoms with Crippen LogP contribution in [-0.4, -0.2) is 90.1 Å². The lowest BCUT2D eigenvalue weighted by molar-refractivity contribution is -0.171. The molecule has 0 spiro atoms. The molecule has 3 aliphatic heterocycles. The summed E-state index contributed by atoms with van der Waals surface area (Å²) in [5.41, 5.74) is 6.42. The summed E-state index contributed by atoms with van der Waals surface area (Å²) in [5, 5.41) is 15.2. The largest absolute Gasteiger partial charge is 0.403 e. The Bertz CT molecular complexity index is 787. The van der Waals surface area contributed by atoms with Gasteiger partial charge in [-0.3, -0.25) is 19.8 Å². The molecule has 0 bridgehead atoms. The third-order valence-corrected chi connectivity index (χ3v) is 8.57. The van der Waals surface area contributed by atoms with Gasteiger partial charge in [-0.1, -0.05) is 19.8 Å². The number of β-amino-alcohol motifs (C(OH)–C–C–N with tert-alkyl or cyclic N) is 1. The van der Waals surface area contributed by atoms with E-state index in [2.05, 4.69) is 40.4 Å². The number of rotatable bonds is 6. The van der Waals surface area contributed by atoms with Crippen LogP contribution in [-0.2, 0) is 9.59 Å². The van der Waals surface area contributed by atoms with E-state index in [4.69, 9.17) is 0 Å². The van der Waals surface area contributed by atoms with Gasteiger partial charge in [-0.25, -0.2) is 10.9 Å². The molecule has 1 saturated carbocycles. The summed E-state index contributed by atoms with van der Waals surface area (Å²) in [5.74, 6) is -0.889. The zero-order valence-electron chi connectivity index (χ0n) is 21.2. The molecule has 0 radical (unpaired) electrons. The van der Waals surface area contributed by atoms with Gasteiger partial charge in [-0.2, -0.15) is 13.2 Å². The molecule has 4 fully saturated rings. The van der Waals surface area contributed by atoms with Crippen molar-refractivity contribution in [1.29, 1.82) is 0 Å². The maximum Gasteiger partial charge on any atom is 0.403 e. The molecule has 6 unspecified atom stereocenters. The number of aliphatic hydroxyl groups excluding tert-OH is 1. The van der Waals surface area contributed by atoms with E-state index in [-0.39, 0.29) is 31.6 Å². The topological polar surface area (TPSA) is 109 Å². The van der Waals surface area contributed by atoms with Crippen molar-refractivity contribution in [3.63, 3.8) is 0 Å². The summed E-state index contributed by atoms with van der Waals surface area (Å²) in [6, 6.07) is -3.07. The van der Waals surface area contributed by atoms with Crippen LogP contribution in [0.15, 0.2) is 0 Å². The third-order valence-electron chi connectivity index (χ3n) is 8.57. The lowest BCUT2D eigenvalue weighted by atomic mass is 9.76. The molecule has 206 valence electrons. The lowest BCUT2D eigenvalue weighted by Gasteiger charge is -2.39. The number of aliphatic hydroxyl groups is 1. The number of carbonyl (C=O) groups excluding carboxylic acids is 2. The summed E-state index contributed by atoms with van der Waals surface area (Å²) >= 11 is 0. The van der Waals surface area contributed by atoms with E-state index in [0.717, 1.165) is 38.8 Å². The molecule has 0 aromatic carbocycles. The van der Waals surface area contributed by atoms with Crippen LogP contribution in [0.1, 0.15) is 58.3 Å². The molecule has 0 aromatic heterocycles. The number of nitrogens with zero attached hydrogens (tertiary/aromatic N) is 2. The SMILES string of the molecule is C[C@H](CC1NNCN1C)C1CCCC(NC(=O)C2CC(C(=O)N3CC[C@H](O)C3)CC(C(F)(F)F)N2)C1. The number of nitrogens with one attached hydrogen (secondary N) is 4. The Morgan fingerprint density at radius 1 is 1.17 bits per heavy atom. The molecule has 1 aliphatic carbocycles. The molecule has 12 heteroatoms. The Hall–Kier alpha value is -1.47. The highest BCUT2D eigenvalue weighted by molar-refractivity contribution is 5.85. The van der Waals surface area contributed by atoms with E-state index >= 15 is 0 Å². The highest BCUT2D eigenvalue weighted by Gasteiger charge is 2.49. The first-order valence-corrected chi connectivity index (χ1v) is 13.3. The van der Waals surface area contributed by atoms with Crippen LogP contribution in [0, 0.1) is 17.8 Å². The molecule has 36 heavy (non-hydrogen) atoms. The first kappa shape index (κ1) is 27.6. The van der Waals surface area contributed by atoms with Gasteiger partial charge in [0.15, 0.2) is 0 Å². The van der Waals surface area contributed by atoms with Crippen molar-refractivity contribution in [2.24, 2.45) is 17.8 Å². The van der Waals surface area contributed by atoms with Gasteiger partial charge in [0.2, 0.25) is 11.8 Å². The van der Waals surface area contributed by atoms with Crippen molar-refractivity contribution in [2.45, 2.75) is 94.9 Å². The average molecular weight is 519 g/mol. The van der Waals surface area contributed by atoms with Crippen molar-refractivity contribution < 1.29 is 27.9 Å². The van der Waals surface area contributed by atoms with Crippen molar-refractivity contribution in [1.82, 2.24) is 31.3 Å². The Labute approximate surface area is 210 Å². The van der Waals surface area contributed by atoms with Gasteiger partial charge >= 0.3 is 6.18 Å². The second-order valence-corrected chi connectivity index (χ2v) is 11.3. The Morgan fingerprint density at radius 3 is 2.58 bits per heavy atom. The number of amides is 2. The van der Waals surface area contributed by atoms with Crippen molar-refractivity contribution in [3.8, 4) is 0 Å². The van der Waals surface area contributed by atoms with Gasteiger partial charge in [0.25, 0.3) is 0 Å². The number of piperidine rings is 1. The van der Waals surface area contributed by atoms with E-state index in [9.17, 15) is 27.9 Å². The quantitative estimate of drug-likeness (QED) is 0.356. The van der Waals surface area contributed by atoms with E-state index in [1.54, 1.807) is 0 Å². The highest BCUT2D eigenvalue weighted by Crippen LogP contribution is 2.35. The molecule has 3 heterocycles. The average Bonchev–Trinajstić information content (AvgIpc) is 3.45. The lowest BCUT2D eigenvalue weighted by Crippen LogP contribution is -2.60. The number of hydrazine groups is 1. The predicted molar refractivity (Wildman–Crippen MR) is 127 cm³/mol. The molecule has 4 rings (SSSR count). The van der Waals surface area contributed by atoms with Gasteiger partial charge in [0.05, 0.1) is 25.0 Å². The molecular weight excluding hydrogens is 477 g/mol. The Morgan fingerprint density at radius 2 is 1.94 bits per heavy atom. The van der Waals surface area contributed by atoms with Gasteiger partial charge in [0.1, 0.15) is 6.04 Å². The number of alkyl halides is 3. The molecule has 5 N–H and O–H groups in total. The van der Waals surface area contributed by atoms with Crippen LogP contribution < -0.4 is 21.5 Å². The molecule has 2 amide bonds. The van der Waals surface area contributed by atoms with Crippen molar-refractivity contribution in [3.05, 3.63) is 0 Å². The third kappa shape index (κ3) is 6.69. The molecule has 0 aromatic rings. The van der Waals surface area contributed by atoms with Gasteiger partial charge < -0.3 is 15.3 Å². The zero-order valence-corrected chi connectivity index (χ0v) is 21.2. The van der Waals surface area contributed by atoms with E-state index in [1.807, 2.05) is 0 Å². The van der Waals surface area contributed by atoms with Crippen LogP contribution in [0.5, 0.6) is 0 Å². The monoisotopic (exact) mass is 518 g/mol. The predicted octanol–water partition coefficient (Wildman–Crippen LogP) is 0.903. The minimum Gasteiger partial charge on any atom is -0.391 e. The Kier molecular flexibility index (Phi) is 8.81. The fourth-order valence-corrected chi connectivity index (χ4v) is 6.33. The van der Waals surface area contributed by atoms with Crippen LogP contribution in [0.25, 0.3) is 0 Å². The van der Waals surface area contributed by atoms with Gasteiger partial charge in [-0.05, 0) is 57.4 Å². The Balaban J connectivity index is 1.35. The maximum absolute atomic E-state index is 13.7. The fourth-order valence-electron chi connectivity index (χ4n) is 6.33. The van der Waals surface area contributed by atoms with Gasteiger partial charge in [0, 0.05) is 25.0 Å². The maximum atomic E-state index is 13.7. The van der Waals surface area contributed by atoms with Gasteiger partial charge in [-0.15, -0.1) is 0 Å².